The first-order valence-electron chi connectivity index (χ1n) is 8.30. The van der Waals surface area contributed by atoms with Crippen LogP contribution in [0.4, 0.5) is 0 Å². The Balaban J connectivity index is 1.65. The van der Waals surface area contributed by atoms with Crippen LogP contribution in [0.5, 0.6) is 0 Å². The van der Waals surface area contributed by atoms with Crippen molar-refractivity contribution in [3.63, 3.8) is 0 Å². The topological polar surface area (TPSA) is 51.0 Å². The van der Waals surface area contributed by atoms with Gasteiger partial charge in [-0.05, 0) is 39.2 Å². The second-order valence-electron chi connectivity index (χ2n) is 6.26. The normalized spacial score (nSPS) is 17.9. The second kappa shape index (κ2) is 6.83. The highest BCUT2D eigenvalue weighted by molar-refractivity contribution is 7.09. The zero-order valence-electron chi connectivity index (χ0n) is 14.1. The smallest absolute Gasteiger partial charge is 0.228 e. The Morgan fingerprint density at radius 1 is 1.43 bits per heavy atom. The molecule has 2 aromatic rings. The summed E-state index contributed by atoms with van der Waals surface area (Å²) in [6.45, 7) is 7.82. The molecule has 1 amide bonds. The van der Waals surface area contributed by atoms with Gasteiger partial charge in [0, 0.05) is 17.6 Å². The van der Waals surface area contributed by atoms with Crippen LogP contribution >= 0.6 is 11.3 Å². The van der Waals surface area contributed by atoms with Gasteiger partial charge in [0.15, 0.2) is 0 Å². The number of aromatic nitrogens is 3. The Bertz CT molecular complexity index is 691. The fraction of sp³-hybridized carbons (Fsp3) is 0.588. The van der Waals surface area contributed by atoms with Crippen LogP contribution < -0.4 is 0 Å². The Morgan fingerprint density at radius 2 is 2.26 bits per heavy atom. The molecule has 0 aliphatic carbocycles. The third-order valence-corrected chi connectivity index (χ3v) is 5.46. The van der Waals surface area contributed by atoms with Crippen LogP contribution in [0.15, 0.2) is 11.4 Å². The number of likely N-dealkylation sites (tertiary alicyclic amines) is 1. The minimum Gasteiger partial charge on any atom is -0.338 e. The number of rotatable bonds is 5. The number of carbonyl (C=O) groups excluding carboxylic acids is 1. The van der Waals surface area contributed by atoms with Gasteiger partial charge in [-0.25, -0.2) is 4.98 Å². The maximum absolute atomic E-state index is 12.7. The number of aryl methyl sites for hydroxylation is 3. The first kappa shape index (κ1) is 16.2. The van der Waals surface area contributed by atoms with Gasteiger partial charge in [-0.2, -0.15) is 5.10 Å². The first-order chi connectivity index (χ1) is 11.1. The van der Waals surface area contributed by atoms with Crippen LogP contribution in [0.25, 0.3) is 0 Å². The molecule has 0 bridgehead atoms. The highest BCUT2D eigenvalue weighted by Gasteiger charge is 2.29. The monoisotopic (exact) mass is 332 g/mol. The van der Waals surface area contributed by atoms with Crippen LogP contribution in [0, 0.1) is 13.8 Å². The Hall–Kier alpha value is -1.69. The Labute approximate surface area is 141 Å². The fourth-order valence-electron chi connectivity index (χ4n) is 3.26. The standard InChI is InChI=1S/C17H24N4OS/c1-4-16-18-14(11-23-16)9-17(22)20-7-5-6-15(20)10-21-13(3)8-12(2)19-21/h8,11,15H,4-7,9-10H2,1-3H3/t15-/m0/s1. The number of nitrogens with zero attached hydrogens (tertiary/aromatic N) is 4. The van der Waals surface area contributed by atoms with E-state index in [1.807, 2.05) is 21.9 Å². The molecular formula is C17H24N4OS. The summed E-state index contributed by atoms with van der Waals surface area (Å²) in [5.41, 5.74) is 3.11. The summed E-state index contributed by atoms with van der Waals surface area (Å²) < 4.78 is 2.03. The van der Waals surface area contributed by atoms with Crippen LogP contribution in [0.2, 0.25) is 0 Å². The SMILES string of the molecule is CCc1nc(CC(=O)N2CCC[C@H]2Cn2nc(C)cc2C)cs1. The Kier molecular flexibility index (Phi) is 4.80. The number of hydrogen-bond acceptors (Lipinski definition) is 4. The van der Waals surface area contributed by atoms with Crippen molar-refractivity contribution in [2.45, 2.75) is 59.0 Å². The van der Waals surface area contributed by atoms with Crippen LogP contribution in [-0.2, 0) is 24.2 Å². The zero-order valence-corrected chi connectivity index (χ0v) is 14.9. The summed E-state index contributed by atoms with van der Waals surface area (Å²) >= 11 is 1.65. The summed E-state index contributed by atoms with van der Waals surface area (Å²) in [7, 11) is 0. The maximum atomic E-state index is 12.7. The molecule has 0 spiro atoms. The lowest BCUT2D eigenvalue weighted by Crippen LogP contribution is -2.39. The second-order valence-corrected chi connectivity index (χ2v) is 7.20. The predicted octanol–water partition coefficient (Wildman–Crippen LogP) is 2.75. The zero-order chi connectivity index (χ0) is 16.4. The predicted molar refractivity (Wildman–Crippen MR) is 91.6 cm³/mol. The summed E-state index contributed by atoms with van der Waals surface area (Å²) in [5.74, 6) is 0.196. The van der Waals surface area contributed by atoms with Crippen molar-refractivity contribution in [2.75, 3.05) is 6.54 Å². The molecule has 2 aromatic heterocycles. The lowest BCUT2D eigenvalue weighted by Gasteiger charge is -2.25. The van der Waals surface area contributed by atoms with Gasteiger partial charge in [0.2, 0.25) is 5.91 Å². The van der Waals surface area contributed by atoms with Crippen molar-refractivity contribution < 1.29 is 4.79 Å². The maximum Gasteiger partial charge on any atom is 0.228 e. The summed E-state index contributed by atoms with van der Waals surface area (Å²) in [6, 6.07) is 2.34. The Morgan fingerprint density at radius 3 is 2.91 bits per heavy atom. The molecule has 1 saturated heterocycles. The minimum absolute atomic E-state index is 0.196. The molecule has 3 heterocycles. The van der Waals surface area contributed by atoms with E-state index in [0.29, 0.717) is 6.42 Å². The van der Waals surface area contributed by atoms with Gasteiger partial charge in [0.25, 0.3) is 0 Å². The third kappa shape index (κ3) is 3.63. The van der Waals surface area contributed by atoms with E-state index < -0.39 is 0 Å². The van der Waals surface area contributed by atoms with Gasteiger partial charge >= 0.3 is 0 Å². The van der Waals surface area contributed by atoms with Gasteiger partial charge < -0.3 is 4.90 Å². The van der Waals surface area contributed by atoms with E-state index in [4.69, 9.17) is 0 Å². The molecular weight excluding hydrogens is 308 g/mol. The fourth-order valence-corrected chi connectivity index (χ4v) is 4.01. The van der Waals surface area contributed by atoms with Gasteiger partial charge in [0.05, 0.1) is 35.4 Å². The van der Waals surface area contributed by atoms with Crippen molar-refractivity contribution in [1.82, 2.24) is 19.7 Å². The molecule has 0 unspecified atom stereocenters. The molecule has 0 saturated carbocycles. The van der Waals surface area contributed by atoms with Crippen LogP contribution in [0.3, 0.4) is 0 Å². The average molecular weight is 332 g/mol. The molecule has 6 heteroatoms. The van der Waals surface area contributed by atoms with Crippen molar-refractivity contribution in [3.8, 4) is 0 Å². The van der Waals surface area contributed by atoms with E-state index in [1.165, 1.54) is 0 Å². The lowest BCUT2D eigenvalue weighted by atomic mass is 10.2. The van der Waals surface area contributed by atoms with Gasteiger partial charge in [-0.1, -0.05) is 6.92 Å². The highest BCUT2D eigenvalue weighted by atomic mass is 32.1. The molecule has 1 aliphatic heterocycles. The molecule has 0 radical (unpaired) electrons. The first-order valence-corrected chi connectivity index (χ1v) is 9.18. The summed E-state index contributed by atoms with van der Waals surface area (Å²) in [5, 5.41) is 7.66. The van der Waals surface area contributed by atoms with Gasteiger partial charge in [0.1, 0.15) is 0 Å². The van der Waals surface area contributed by atoms with E-state index >= 15 is 0 Å². The van der Waals surface area contributed by atoms with E-state index in [9.17, 15) is 4.79 Å². The summed E-state index contributed by atoms with van der Waals surface area (Å²) in [4.78, 5) is 19.2. The number of amides is 1. The minimum atomic E-state index is 0.196. The van der Waals surface area contributed by atoms with Crippen molar-refractivity contribution in [3.05, 3.63) is 33.5 Å². The van der Waals surface area contributed by atoms with E-state index in [2.05, 4.69) is 30.0 Å². The lowest BCUT2D eigenvalue weighted by molar-refractivity contribution is -0.131. The largest absolute Gasteiger partial charge is 0.338 e. The van der Waals surface area contributed by atoms with Gasteiger partial charge in [-0.15, -0.1) is 11.3 Å². The molecule has 1 atom stereocenters. The average Bonchev–Trinajstić information content (AvgIpc) is 3.21. The molecule has 5 nitrogen and oxygen atoms in total. The highest BCUT2D eigenvalue weighted by Crippen LogP contribution is 2.21. The van der Waals surface area contributed by atoms with Crippen molar-refractivity contribution >= 4 is 17.2 Å². The van der Waals surface area contributed by atoms with E-state index in [1.54, 1.807) is 11.3 Å². The molecule has 0 N–H and O–H groups in total. The molecule has 1 aliphatic rings. The summed E-state index contributed by atoms with van der Waals surface area (Å²) in [6.07, 6.45) is 3.49. The molecule has 1 fully saturated rings. The van der Waals surface area contributed by atoms with E-state index in [-0.39, 0.29) is 11.9 Å². The molecule has 0 aromatic carbocycles. The number of hydrogen-bond donors (Lipinski definition) is 0. The molecule has 3 rings (SSSR count). The molecule has 124 valence electrons. The van der Waals surface area contributed by atoms with Crippen LogP contribution in [-0.4, -0.2) is 38.2 Å². The van der Waals surface area contributed by atoms with Crippen molar-refractivity contribution in [2.24, 2.45) is 0 Å². The van der Waals surface area contributed by atoms with Crippen LogP contribution in [0.1, 0.15) is 41.9 Å². The van der Waals surface area contributed by atoms with E-state index in [0.717, 1.165) is 54.4 Å². The quantitative estimate of drug-likeness (QED) is 0.846. The molecule has 23 heavy (non-hydrogen) atoms. The number of carbonyl (C=O) groups is 1. The van der Waals surface area contributed by atoms with Gasteiger partial charge in [-0.3, -0.25) is 9.48 Å². The number of thiazole rings is 1. The third-order valence-electron chi connectivity index (χ3n) is 4.42. The van der Waals surface area contributed by atoms with Crippen molar-refractivity contribution in [1.29, 1.82) is 0 Å².